The highest BCUT2D eigenvalue weighted by atomic mass is 32.2. The van der Waals surface area contributed by atoms with Crippen LogP contribution < -0.4 is 24.2 Å². The predicted molar refractivity (Wildman–Crippen MR) is 213 cm³/mol. The van der Waals surface area contributed by atoms with Crippen LogP contribution in [0.25, 0.3) is 10.9 Å². The Bertz CT molecular complexity index is 2160. The molecule has 4 aliphatic rings. The number of pyridine rings is 1. The molecule has 2 aliphatic heterocycles. The lowest BCUT2D eigenvalue weighted by atomic mass is 9.82. The first kappa shape index (κ1) is 44.7. The number of nitrogens with zero attached hydrogens (tertiary/aromatic N) is 3. The van der Waals surface area contributed by atoms with Crippen molar-refractivity contribution >= 4 is 44.7 Å². The number of fused-ring (bicyclic) bond motifs is 3. The number of carbonyl (C=O) groups is 4. The van der Waals surface area contributed by atoms with Gasteiger partial charge in [-0.25, -0.2) is 18.2 Å². The van der Waals surface area contributed by atoms with Crippen LogP contribution in [-0.4, -0.2) is 113 Å². The molecule has 60 heavy (non-hydrogen) atoms. The van der Waals surface area contributed by atoms with Gasteiger partial charge in [0.1, 0.15) is 40.8 Å². The molecule has 0 bridgehead atoms. The molecule has 3 N–H and O–H groups in total. The predicted octanol–water partition coefficient (Wildman–Crippen LogP) is 5.57. The van der Waals surface area contributed by atoms with Crippen molar-refractivity contribution in [2.75, 3.05) is 20.8 Å². The molecule has 2 saturated carbocycles. The van der Waals surface area contributed by atoms with Gasteiger partial charge in [0.2, 0.25) is 27.7 Å². The summed E-state index contributed by atoms with van der Waals surface area (Å²) < 4.78 is 89.3. The number of alkyl halides is 3. The minimum atomic E-state index is -5.10. The molecular weight excluding hydrogens is 812 g/mol. The van der Waals surface area contributed by atoms with Crippen molar-refractivity contribution in [2.45, 2.75) is 126 Å². The first-order chi connectivity index (χ1) is 28.0. The van der Waals surface area contributed by atoms with Crippen LogP contribution in [-0.2, 0) is 24.4 Å². The molecule has 2 aromatic rings. The second kappa shape index (κ2) is 16.2. The fraction of sp³-hybridized carbons (Fsp3) is 0.634. The fourth-order valence-corrected chi connectivity index (χ4v) is 9.74. The van der Waals surface area contributed by atoms with E-state index in [1.807, 2.05) is 13.0 Å². The van der Waals surface area contributed by atoms with Crippen LogP contribution in [0.5, 0.6) is 17.4 Å². The number of carboxylic acid groups (broad SMARTS) is 1. The van der Waals surface area contributed by atoms with Crippen LogP contribution in [0.1, 0.15) is 86.0 Å². The van der Waals surface area contributed by atoms with E-state index in [9.17, 15) is 41.1 Å². The molecule has 1 saturated heterocycles. The smallest absolute Gasteiger partial charge is 0.411 e. The summed E-state index contributed by atoms with van der Waals surface area (Å²) in [6.07, 6.45) is -2.72. The molecule has 0 spiro atoms. The van der Waals surface area contributed by atoms with Gasteiger partial charge in [0.05, 0.1) is 31.0 Å². The average Bonchev–Trinajstić information content (AvgIpc) is 4.06. The molecule has 6 rings (SSSR count). The van der Waals surface area contributed by atoms with Gasteiger partial charge in [-0.2, -0.15) is 13.2 Å². The van der Waals surface area contributed by atoms with E-state index >= 15 is 4.79 Å². The first-order valence-corrected chi connectivity index (χ1v) is 21.6. The Morgan fingerprint density at radius 3 is 2.42 bits per heavy atom. The van der Waals surface area contributed by atoms with Gasteiger partial charge in [0, 0.05) is 29.9 Å². The molecule has 7 atom stereocenters. The summed E-state index contributed by atoms with van der Waals surface area (Å²) >= 11 is 0. The topological polar surface area (TPSA) is 194 Å². The summed E-state index contributed by atoms with van der Waals surface area (Å²) in [6.45, 7) is 6.10. The minimum absolute atomic E-state index is 0.0445. The lowest BCUT2D eigenvalue weighted by molar-refractivity contribution is -0.222. The third-order valence-corrected chi connectivity index (χ3v) is 15.0. The highest BCUT2D eigenvalue weighted by Gasteiger charge is 2.64. The van der Waals surface area contributed by atoms with Gasteiger partial charge in [-0.05, 0) is 83.3 Å². The van der Waals surface area contributed by atoms with E-state index in [0.717, 1.165) is 4.90 Å². The lowest BCUT2D eigenvalue weighted by Gasteiger charge is -2.46. The number of hydrogen-bond acceptors (Lipinski definition) is 10. The van der Waals surface area contributed by atoms with Crippen molar-refractivity contribution in [3.63, 3.8) is 0 Å². The Balaban J connectivity index is 1.45. The zero-order chi connectivity index (χ0) is 44.2. The molecule has 1 aromatic heterocycles. The Morgan fingerprint density at radius 1 is 1.12 bits per heavy atom. The Morgan fingerprint density at radius 2 is 1.82 bits per heavy atom. The summed E-state index contributed by atoms with van der Waals surface area (Å²) in [6, 6.07) is 3.13. The van der Waals surface area contributed by atoms with Crippen molar-refractivity contribution in [1.29, 1.82) is 0 Å². The number of ether oxygens (including phenoxy) is 3. The van der Waals surface area contributed by atoms with Gasteiger partial charge in [-0.15, -0.1) is 0 Å². The minimum Gasteiger partial charge on any atom is -0.497 e. The second-order valence-corrected chi connectivity index (χ2v) is 19.5. The van der Waals surface area contributed by atoms with Crippen molar-refractivity contribution in [1.82, 2.24) is 24.8 Å². The summed E-state index contributed by atoms with van der Waals surface area (Å²) in [4.78, 5) is 62.6. The number of benzene rings is 1. The summed E-state index contributed by atoms with van der Waals surface area (Å²) in [5, 5.41) is 13.8. The molecule has 1 aromatic carbocycles. The molecule has 19 heteroatoms. The molecule has 3 fully saturated rings. The van der Waals surface area contributed by atoms with Gasteiger partial charge in [-0.3, -0.25) is 24.0 Å². The van der Waals surface area contributed by atoms with Crippen LogP contribution in [0.15, 0.2) is 36.4 Å². The van der Waals surface area contributed by atoms with Crippen molar-refractivity contribution in [2.24, 2.45) is 17.8 Å². The van der Waals surface area contributed by atoms with Crippen LogP contribution in [0.2, 0.25) is 0 Å². The number of amides is 4. The third kappa shape index (κ3) is 8.42. The van der Waals surface area contributed by atoms with Gasteiger partial charge in [0.25, 0.3) is 5.91 Å². The molecule has 15 nitrogen and oxygen atoms in total. The average molecular weight is 866 g/mol. The number of methoxy groups -OCH3 is 2. The second-order valence-electron chi connectivity index (χ2n) is 17.4. The molecule has 3 heterocycles. The SMILES string of the molecule is CC[C@@H]1C[C@H](C)CCC=C[C@@H]2C[C@@]2(C(=O)NS(=O)(=O)C2(C)CC2)NC(=O)[C@@H]2C[C@@H](Oc3cc(OC)nc4cc(OC)ccc34)CN2C(=O)[C@H]1N(C(=O)O)C(C)(C)C(F)(F)F. The van der Waals surface area contributed by atoms with Gasteiger partial charge in [0.15, 0.2) is 0 Å². The summed E-state index contributed by atoms with van der Waals surface area (Å²) in [5.74, 6) is -3.69. The van der Waals surface area contributed by atoms with Gasteiger partial charge >= 0.3 is 12.3 Å². The number of hydrogen-bond donors (Lipinski definition) is 3. The van der Waals surface area contributed by atoms with Gasteiger partial charge in [-0.1, -0.05) is 32.4 Å². The monoisotopic (exact) mass is 865 g/mol. The molecule has 0 radical (unpaired) electrons. The lowest BCUT2D eigenvalue weighted by Crippen LogP contribution is -2.66. The van der Waals surface area contributed by atoms with E-state index in [-0.39, 0.29) is 54.7 Å². The number of nitrogens with one attached hydrogen (secondary N) is 2. The van der Waals surface area contributed by atoms with E-state index < -0.39 is 85.9 Å². The van der Waals surface area contributed by atoms with Crippen molar-refractivity contribution in [3.8, 4) is 17.4 Å². The molecule has 0 unspecified atom stereocenters. The third-order valence-electron chi connectivity index (χ3n) is 12.8. The Hall–Kier alpha value is -4.81. The van der Waals surface area contributed by atoms with Crippen LogP contribution >= 0.6 is 0 Å². The van der Waals surface area contributed by atoms with E-state index in [1.165, 1.54) is 27.2 Å². The van der Waals surface area contributed by atoms with E-state index in [0.29, 0.717) is 56.2 Å². The Kier molecular flexibility index (Phi) is 12.1. The zero-order valence-corrected chi connectivity index (χ0v) is 35.6. The number of rotatable bonds is 10. The van der Waals surface area contributed by atoms with Crippen molar-refractivity contribution < 1.29 is 60.1 Å². The van der Waals surface area contributed by atoms with E-state index in [1.54, 1.807) is 31.2 Å². The molecule has 330 valence electrons. The highest BCUT2D eigenvalue weighted by Crippen LogP contribution is 2.48. The first-order valence-electron chi connectivity index (χ1n) is 20.2. The number of sulfonamides is 1. The molecule has 4 amide bonds. The maximum atomic E-state index is 15.2. The molecule has 2 aliphatic carbocycles. The number of carbonyl (C=O) groups excluding carboxylic acids is 3. The number of halogens is 3. The maximum Gasteiger partial charge on any atom is 0.411 e. The fourth-order valence-electron chi connectivity index (χ4n) is 8.43. The quantitative estimate of drug-likeness (QED) is 0.253. The van der Waals surface area contributed by atoms with Gasteiger partial charge < -0.3 is 29.5 Å². The normalized spacial score (nSPS) is 28.3. The van der Waals surface area contributed by atoms with Crippen molar-refractivity contribution in [3.05, 3.63) is 36.4 Å². The Labute approximate surface area is 347 Å². The standard InChI is InChI=1S/C41H54F3N5O10S/c1-8-24-17-23(2)11-9-10-12-25-21-40(25,36(52)47-60(55,56)39(5)15-16-39)46-34(50)30-19-27(59-31-20-32(58-7)45-29-18-26(57-6)13-14-28(29)31)22-48(30)35(51)33(24)49(37(53)54)38(3,4)41(42,43)44/h10,12-14,18,20,23-25,27,30,33H,8-9,11,15-17,19,21-22H2,1-7H3,(H,46,50)(H,47,52)(H,53,54)/t23-,24-,25-,27-,30+,33+,40-/m1/s1. The summed E-state index contributed by atoms with van der Waals surface area (Å²) in [7, 11) is -1.25. The number of allylic oxidation sites excluding steroid dienone is 1. The largest absolute Gasteiger partial charge is 0.497 e. The zero-order valence-electron chi connectivity index (χ0n) is 34.8. The van der Waals surface area contributed by atoms with E-state index in [2.05, 4.69) is 15.0 Å². The highest BCUT2D eigenvalue weighted by molar-refractivity contribution is 7.91. The summed E-state index contributed by atoms with van der Waals surface area (Å²) in [5.41, 5.74) is -4.35. The van der Waals surface area contributed by atoms with Crippen LogP contribution in [0.3, 0.4) is 0 Å². The maximum absolute atomic E-state index is 15.2. The van der Waals surface area contributed by atoms with E-state index in [4.69, 9.17) is 14.2 Å². The molecular formula is C41H54F3N5O10S. The van der Waals surface area contributed by atoms with Crippen LogP contribution in [0, 0.1) is 17.8 Å². The number of aromatic nitrogens is 1. The van der Waals surface area contributed by atoms with Crippen LogP contribution in [0.4, 0.5) is 18.0 Å².